The summed E-state index contributed by atoms with van der Waals surface area (Å²) in [5, 5.41) is 18.4. The van der Waals surface area contributed by atoms with Gasteiger partial charge in [0.2, 0.25) is 0 Å². The number of phenols is 1. The summed E-state index contributed by atoms with van der Waals surface area (Å²) in [5.41, 5.74) is 7.60. The minimum atomic E-state index is -0.309. The van der Waals surface area contributed by atoms with E-state index >= 15 is 0 Å². The summed E-state index contributed by atoms with van der Waals surface area (Å²) in [6.45, 7) is 5.64. The van der Waals surface area contributed by atoms with E-state index in [1.807, 2.05) is 26.0 Å². The molecule has 0 bridgehead atoms. The molecule has 0 radical (unpaired) electrons. The van der Waals surface area contributed by atoms with Crippen LogP contribution in [0.1, 0.15) is 30.5 Å². The molecule has 0 aliphatic rings. The molecule has 0 atom stereocenters. The lowest BCUT2D eigenvalue weighted by atomic mass is 9.93. The molecular formula is C12H16N2O. The molecule has 1 rings (SSSR count). The highest BCUT2D eigenvalue weighted by atomic mass is 16.3. The number of hydrogen-bond donors (Lipinski definition) is 2. The molecule has 0 spiro atoms. The third kappa shape index (κ3) is 2.97. The van der Waals surface area contributed by atoms with Crippen molar-refractivity contribution in [1.82, 2.24) is 0 Å². The summed E-state index contributed by atoms with van der Waals surface area (Å²) < 4.78 is 0. The van der Waals surface area contributed by atoms with Gasteiger partial charge in [-0.2, -0.15) is 5.26 Å². The van der Waals surface area contributed by atoms with Gasteiger partial charge in [0.25, 0.3) is 0 Å². The van der Waals surface area contributed by atoms with Crippen molar-refractivity contribution in [1.29, 1.82) is 5.26 Å². The fourth-order valence-corrected chi connectivity index (χ4v) is 1.57. The van der Waals surface area contributed by atoms with Crippen LogP contribution < -0.4 is 5.73 Å². The molecule has 1 aromatic carbocycles. The Morgan fingerprint density at radius 1 is 1.47 bits per heavy atom. The van der Waals surface area contributed by atoms with E-state index in [0.29, 0.717) is 17.5 Å². The molecule has 0 fully saturated rings. The number of nitriles is 1. The van der Waals surface area contributed by atoms with Gasteiger partial charge in [0.15, 0.2) is 0 Å². The molecule has 0 saturated carbocycles. The number of aryl methyl sites for hydroxylation is 1. The highest BCUT2D eigenvalue weighted by Crippen LogP contribution is 2.24. The summed E-state index contributed by atoms with van der Waals surface area (Å²) in [4.78, 5) is 0. The van der Waals surface area contributed by atoms with Gasteiger partial charge in [-0.05, 0) is 44.4 Å². The largest absolute Gasteiger partial charge is 0.506 e. The molecule has 1 aromatic rings. The van der Waals surface area contributed by atoms with Crippen molar-refractivity contribution < 1.29 is 5.11 Å². The van der Waals surface area contributed by atoms with Crippen LogP contribution in [0.2, 0.25) is 0 Å². The lowest BCUT2D eigenvalue weighted by molar-refractivity contribution is 0.467. The Labute approximate surface area is 90.1 Å². The van der Waals surface area contributed by atoms with Crippen molar-refractivity contribution in [3.8, 4) is 11.8 Å². The SMILES string of the molecule is Cc1cc(CC(C)(C)N)cc(C#N)c1O. The van der Waals surface area contributed by atoms with Crippen LogP contribution in [0.3, 0.4) is 0 Å². The van der Waals surface area contributed by atoms with E-state index in [1.165, 1.54) is 0 Å². The van der Waals surface area contributed by atoms with Gasteiger partial charge in [-0.15, -0.1) is 0 Å². The summed E-state index contributed by atoms with van der Waals surface area (Å²) in [6.07, 6.45) is 0.683. The van der Waals surface area contributed by atoms with Gasteiger partial charge in [-0.3, -0.25) is 0 Å². The highest BCUT2D eigenvalue weighted by molar-refractivity contribution is 5.49. The molecule has 0 heterocycles. The predicted molar refractivity (Wildman–Crippen MR) is 59.5 cm³/mol. The molecule has 0 aromatic heterocycles. The number of benzene rings is 1. The summed E-state index contributed by atoms with van der Waals surface area (Å²) in [7, 11) is 0. The van der Waals surface area contributed by atoms with E-state index < -0.39 is 0 Å². The lowest BCUT2D eigenvalue weighted by Crippen LogP contribution is -2.34. The third-order valence-electron chi connectivity index (χ3n) is 2.14. The maximum atomic E-state index is 9.57. The number of phenolic OH excluding ortho intramolecular Hbond substituents is 1. The van der Waals surface area contributed by atoms with Crippen molar-refractivity contribution >= 4 is 0 Å². The fourth-order valence-electron chi connectivity index (χ4n) is 1.57. The predicted octanol–water partition coefficient (Wildman–Crippen LogP) is 1.85. The van der Waals surface area contributed by atoms with Crippen LogP contribution in [-0.4, -0.2) is 10.6 Å². The smallest absolute Gasteiger partial charge is 0.136 e. The van der Waals surface area contributed by atoms with E-state index in [0.717, 1.165) is 5.56 Å². The van der Waals surface area contributed by atoms with Gasteiger partial charge >= 0.3 is 0 Å². The zero-order valence-corrected chi connectivity index (χ0v) is 9.33. The van der Waals surface area contributed by atoms with Crippen molar-refractivity contribution in [2.45, 2.75) is 32.7 Å². The zero-order valence-electron chi connectivity index (χ0n) is 9.33. The van der Waals surface area contributed by atoms with E-state index in [4.69, 9.17) is 11.0 Å². The molecule has 80 valence electrons. The number of hydrogen-bond acceptors (Lipinski definition) is 3. The third-order valence-corrected chi connectivity index (χ3v) is 2.14. The molecular weight excluding hydrogens is 188 g/mol. The second kappa shape index (κ2) is 3.92. The van der Waals surface area contributed by atoms with Gasteiger partial charge in [-0.25, -0.2) is 0 Å². The van der Waals surface area contributed by atoms with Crippen LogP contribution in [0, 0.1) is 18.3 Å². The molecule has 3 nitrogen and oxygen atoms in total. The van der Waals surface area contributed by atoms with Crippen molar-refractivity contribution in [3.63, 3.8) is 0 Å². The van der Waals surface area contributed by atoms with E-state index in [2.05, 4.69) is 0 Å². The minimum Gasteiger partial charge on any atom is -0.506 e. The Balaban J connectivity index is 3.13. The van der Waals surface area contributed by atoms with Gasteiger partial charge in [0.1, 0.15) is 11.8 Å². The fraction of sp³-hybridized carbons (Fsp3) is 0.417. The van der Waals surface area contributed by atoms with Crippen LogP contribution in [0.4, 0.5) is 0 Å². The Hall–Kier alpha value is -1.53. The Morgan fingerprint density at radius 3 is 2.53 bits per heavy atom. The number of rotatable bonds is 2. The van der Waals surface area contributed by atoms with E-state index in [1.54, 1.807) is 13.0 Å². The second-order valence-electron chi connectivity index (χ2n) is 4.59. The zero-order chi connectivity index (χ0) is 11.6. The highest BCUT2D eigenvalue weighted by Gasteiger charge is 2.14. The van der Waals surface area contributed by atoms with E-state index in [9.17, 15) is 5.11 Å². The molecule has 0 saturated heterocycles. The summed E-state index contributed by atoms with van der Waals surface area (Å²) in [5.74, 6) is 0.0658. The molecule has 0 aliphatic carbocycles. The maximum Gasteiger partial charge on any atom is 0.136 e. The van der Waals surface area contributed by atoms with Crippen LogP contribution in [0.5, 0.6) is 5.75 Å². The Kier molecular flexibility index (Phi) is 3.01. The molecule has 0 aliphatic heterocycles. The molecule has 15 heavy (non-hydrogen) atoms. The number of aromatic hydroxyl groups is 1. The number of nitrogens with two attached hydrogens (primary N) is 1. The summed E-state index contributed by atoms with van der Waals surface area (Å²) >= 11 is 0. The van der Waals surface area contributed by atoms with Gasteiger partial charge in [0.05, 0.1) is 5.56 Å². The first kappa shape index (κ1) is 11.5. The van der Waals surface area contributed by atoms with Gasteiger partial charge in [0, 0.05) is 5.54 Å². The first-order valence-electron chi connectivity index (χ1n) is 4.85. The first-order valence-corrected chi connectivity index (χ1v) is 4.85. The van der Waals surface area contributed by atoms with Crippen LogP contribution >= 0.6 is 0 Å². The van der Waals surface area contributed by atoms with Crippen LogP contribution in [0.25, 0.3) is 0 Å². The van der Waals surface area contributed by atoms with E-state index in [-0.39, 0.29) is 11.3 Å². The Bertz CT molecular complexity index is 411. The van der Waals surface area contributed by atoms with Crippen LogP contribution in [-0.2, 0) is 6.42 Å². The second-order valence-corrected chi connectivity index (χ2v) is 4.59. The monoisotopic (exact) mass is 204 g/mol. The topological polar surface area (TPSA) is 70.0 Å². The molecule has 3 N–H and O–H groups in total. The number of nitrogens with zero attached hydrogens (tertiary/aromatic N) is 1. The van der Waals surface area contributed by atoms with Gasteiger partial charge < -0.3 is 10.8 Å². The maximum absolute atomic E-state index is 9.57. The molecule has 0 amide bonds. The van der Waals surface area contributed by atoms with Crippen molar-refractivity contribution in [2.75, 3.05) is 0 Å². The average Bonchev–Trinajstić information content (AvgIpc) is 2.08. The molecule has 3 heteroatoms. The molecule has 0 unspecified atom stereocenters. The van der Waals surface area contributed by atoms with Gasteiger partial charge in [-0.1, -0.05) is 6.07 Å². The Morgan fingerprint density at radius 2 is 2.07 bits per heavy atom. The summed E-state index contributed by atoms with van der Waals surface area (Å²) in [6, 6.07) is 5.53. The minimum absolute atomic E-state index is 0.0658. The average molecular weight is 204 g/mol. The quantitative estimate of drug-likeness (QED) is 0.772. The lowest BCUT2D eigenvalue weighted by Gasteiger charge is -2.19. The normalized spacial score (nSPS) is 11.1. The van der Waals surface area contributed by atoms with Crippen molar-refractivity contribution in [2.24, 2.45) is 5.73 Å². The van der Waals surface area contributed by atoms with Crippen LogP contribution in [0.15, 0.2) is 12.1 Å². The first-order chi connectivity index (χ1) is 6.83. The standard InChI is InChI=1S/C12H16N2O/c1-8-4-9(6-12(2,3)14)5-10(7-13)11(8)15/h4-5,15H,6,14H2,1-3H3. The van der Waals surface area contributed by atoms with Crippen molar-refractivity contribution in [3.05, 3.63) is 28.8 Å².